The number of aryl methyl sites for hydroxylation is 1. The van der Waals surface area contributed by atoms with Crippen molar-refractivity contribution in [3.8, 4) is 11.3 Å². The molecule has 0 fully saturated rings. The van der Waals surface area contributed by atoms with Crippen molar-refractivity contribution in [3.63, 3.8) is 0 Å². The molecule has 8 heteroatoms. The lowest BCUT2D eigenvalue weighted by molar-refractivity contribution is 0.0957. The van der Waals surface area contributed by atoms with Crippen LogP contribution in [-0.2, 0) is 0 Å². The molecule has 0 aliphatic heterocycles. The second-order valence-electron chi connectivity index (χ2n) is 7.61. The van der Waals surface area contributed by atoms with E-state index in [2.05, 4.69) is 20.7 Å². The maximum absolute atomic E-state index is 12.6. The van der Waals surface area contributed by atoms with Crippen LogP contribution in [0.25, 0.3) is 27.8 Å². The minimum absolute atomic E-state index is 0.118. The topological polar surface area (TPSA) is 87.1 Å². The average Bonchev–Trinajstić information content (AvgIpc) is 3.41. The molecule has 0 bridgehead atoms. The summed E-state index contributed by atoms with van der Waals surface area (Å²) in [7, 11) is 6.09. The summed E-state index contributed by atoms with van der Waals surface area (Å²) in [5, 5.41) is 11.6. The first-order valence-electron chi connectivity index (χ1n) is 10.4. The maximum atomic E-state index is 12.6. The van der Waals surface area contributed by atoms with Crippen molar-refractivity contribution >= 4 is 41.6 Å². The smallest absolute Gasteiger partial charge is 0.253 e. The molecule has 3 heterocycles. The van der Waals surface area contributed by atoms with Crippen LogP contribution in [0.4, 0.5) is 5.82 Å². The highest BCUT2D eigenvalue weighted by Crippen LogP contribution is 2.24. The maximum Gasteiger partial charge on any atom is 0.253 e. The Morgan fingerprint density at radius 1 is 1.12 bits per heavy atom. The number of carbonyl (C=O) groups is 1. The van der Waals surface area contributed by atoms with Crippen LogP contribution in [0, 0.1) is 6.92 Å². The Morgan fingerprint density at radius 2 is 1.94 bits per heavy atom. The lowest BCUT2D eigenvalue weighted by atomic mass is 10.00. The molecule has 5 rings (SSSR count). The van der Waals surface area contributed by atoms with Crippen molar-refractivity contribution in [1.82, 2.24) is 24.9 Å². The van der Waals surface area contributed by atoms with E-state index in [0.29, 0.717) is 29.8 Å². The first-order valence-corrected chi connectivity index (χ1v) is 10.4. The molecule has 0 saturated carbocycles. The molecule has 1 amide bonds. The van der Waals surface area contributed by atoms with E-state index in [1.165, 1.54) is 0 Å². The fraction of sp³-hybridized carbons (Fsp3) is 0.125. The molecule has 3 N–H and O–H groups in total. The number of nitrogens with one attached hydrogen (secondary N) is 3. The normalized spacial score (nSPS) is 11.2. The van der Waals surface area contributed by atoms with Crippen molar-refractivity contribution in [3.05, 3.63) is 78.1 Å². The fourth-order valence-corrected chi connectivity index (χ4v) is 3.83. The van der Waals surface area contributed by atoms with Crippen molar-refractivity contribution in [2.75, 3.05) is 18.4 Å². The van der Waals surface area contributed by atoms with Crippen LogP contribution in [0.2, 0.25) is 0 Å². The summed E-state index contributed by atoms with van der Waals surface area (Å²) in [5.74, 6) is 0.638. The number of anilines is 1. The number of benzene rings is 2. The zero-order chi connectivity index (χ0) is 22.1. The molecular weight excluding hydrogens is 399 g/mol. The number of amides is 1. The van der Waals surface area contributed by atoms with Gasteiger partial charge in [-0.05, 0) is 24.0 Å². The fourth-order valence-electron chi connectivity index (χ4n) is 3.83. The summed E-state index contributed by atoms with van der Waals surface area (Å²) in [5.41, 5.74) is 5.65. The second-order valence-corrected chi connectivity index (χ2v) is 7.61. The third kappa shape index (κ3) is 3.60. The van der Waals surface area contributed by atoms with Crippen LogP contribution in [0.15, 0.2) is 67.0 Å². The van der Waals surface area contributed by atoms with E-state index in [0.717, 1.165) is 33.5 Å². The molecule has 5 aromatic rings. The summed E-state index contributed by atoms with van der Waals surface area (Å²) in [6.07, 6.45) is 3.33. The summed E-state index contributed by atoms with van der Waals surface area (Å²) >= 11 is 0. The number of aromatic nitrogens is 4. The van der Waals surface area contributed by atoms with Gasteiger partial charge in [0.2, 0.25) is 0 Å². The molecule has 0 aliphatic carbocycles. The summed E-state index contributed by atoms with van der Waals surface area (Å²) in [6, 6.07) is 17.8. The first-order chi connectivity index (χ1) is 15.6. The van der Waals surface area contributed by atoms with Gasteiger partial charge in [-0.1, -0.05) is 42.5 Å². The zero-order valence-electron chi connectivity index (χ0n) is 17.6. The van der Waals surface area contributed by atoms with E-state index < -0.39 is 0 Å². The second kappa shape index (κ2) is 8.22. The molecule has 0 atom stereocenters. The standard InChI is InChI=1S/C24H21BN6O/c1-15-6-2-3-7-16(15)21-12-22(31-23(30-21)19(25)14-29-31)26-10-11-27-24(32)18-13-28-20-9-5-4-8-17(18)20/h2-9,12-14,26,28H,10-11H2,1H3,(H,27,32). The van der Waals surface area contributed by atoms with Crippen LogP contribution in [0.5, 0.6) is 0 Å². The number of fused-ring (bicyclic) bond motifs is 2. The van der Waals surface area contributed by atoms with Crippen molar-refractivity contribution in [1.29, 1.82) is 0 Å². The molecule has 2 radical (unpaired) electrons. The number of carbonyl (C=O) groups excluding carboxylic acids is 1. The zero-order valence-corrected chi connectivity index (χ0v) is 17.6. The third-order valence-corrected chi connectivity index (χ3v) is 5.47. The number of rotatable bonds is 6. The number of hydrogen-bond acceptors (Lipinski definition) is 4. The van der Waals surface area contributed by atoms with Crippen LogP contribution >= 0.6 is 0 Å². The van der Waals surface area contributed by atoms with Crippen LogP contribution in [-0.4, -0.2) is 46.4 Å². The molecule has 156 valence electrons. The Kier molecular flexibility index (Phi) is 5.11. The summed E-state index contributed by atoms with van der Waals surface area (Å²) in [6.45, 7) is 3.01. The lowest BCUT2D eigenvalue weighted by Crippen LogP contribution is -2.29. The monoisotopic (exact) mass is 420 g/mol. The van der Waals surface area contributed by atoms with E-state index in [-0.39, 0.29) is 5.91 Å². The molecule has 32 heavy (non-hydrogen) atoms. The quantitative estimate of drug-likeness (QED) is 0.291. The average molecular weight is 420 g/mol. The molecule has 7 nitrogen and oxygen atoms in total. The van der Waals surface area contributed by atoms with Gasteiger partial charge in [0.25, 0.3) is 5.91 Å². The van der Waals surface area contributed by atoms with Gasteiger partial charge in [-0.3, -0.25) is 4.79 Å². The highest BCUT2D eigenvalue weighted by molar-refractivity contribution is 6.36. The first kappa shape index (κ1) is 19.9. The number of nitrogens with zero attached hydrogens (tertiary/aromatic N) is 3. The highest BCUT2D eigenvalue weighted by atomic mass is 16.1. The SMILES string of the molecule is [B]c1cnn2c(NCCNC(=O)c3c[nH]c4ccccc34)cc(-c3ccccc3C)nc12. The Hall–Kier alpha value is -4.07. The van der Waals surface area contributed by atoms with Crippen molar-refractivity contribution in [2.45, 2.75) is 6.92 Å². The minimum atomic E-state index is -0.118. The van der Waals surface area contributed by atoms with Gasteiger partial charge >= 0.3 is 0 Å². The molecule has 0 unspecified atom stereocenters. The highest BCUT2D eigenvalue weighted by Gasteiger charge is 2.13. The minimum Gasteiger partial charge on any atom is -0.368 e. The van der Waals surface area contributed by atoms with Crippen LogP contribution in [0.1, 0.15) is 15.9 Å². The Labute approximate surface area is 186 Å². The molecular formula is C24H21BN6O. The van der Waals surface area contributed by atoms with E-state index in [1.54, 1.807) is 16.9 Å². The van der Waals surface area contributed by atoms with E-state index in [4.69, 9.17) is 12.8 Å². The Morgan fingerprint density at radius 3 is 2.81 bits per heavy atom. The predicted octanol–water partition coefficient (Wildman–Crippen LogP) is 2.82. The summed E-state index contributed by atoms with van der Waals surface area (Å²) in [4.78, 5) is 20.5. The molecule has 0 aliphatic rings. The van der Waals surface area contributed by atoms with Crippen LogP contribution in [0.3, 0.4) is 0 Å². The van der Waals surface area contributed by atoms with E-state index in [9.17, 15) is 4.79 Å². The molecule has 0 spiro atoms. The Bertz CT molecular complexity index is 1440. The number of aromatic amines is 1. The lowest BCUT2D eigenvalue weighted by Gasteiger charge is -2.12. The van der Waals surface area contributed by atoms with Crippen molar-refractivity contribution < 1.29 is 4.79 Å². The van der Waals surface area contributed by atoms with E-state index >= 15 is 0 Å². The molecule has 0 saturated heterocycles. The van der Waals surface area contributed by atoms with Gasteiger partial charge < -0.3 is 15.6 Å². The summed E-state index contributed by atoms with van der Waals surface area (Å²) < 4.78 is 1.68. The number of hydrogen-bond donors (Lipinski definition) is 3. The van der Waals surface area contributed by atoms with Gasteiger partial charge in [0.15, 0.2) is 5.65 Å². The largest absolute Gasteiger partial charge is 0.368 e. The molecule has 3 aromatic heterocycles. The predicted molar refractivity (Wildman–Crippen MR) is 128 cm³/mol. The van der Waals surface area contributed by atoms with Crippen LogP contribution < -0.4 is 16.1 Å². The van der Waals surface area contributed by atoms with E-state index in [1.807, 2.05) is 61.5 Å². The van der Waals surface area contributed by atoms with Gasteiger partial charge in [-0.2, -0.15) is 9.61 Å². The van der Waals surface area contributed by atoms with Gasteiger partial charge in [-0.15, -0.1) is 0 Å². The van der Waals surface area contributed by atoms with Gasteiger partial charge in [0.05, 0.1) is 11.3 Å². The van der Waals surface area contributed by atoms with Gasteiger partial charge in [0.1, 0.15) is 13.7 Å². The number of H-pyrrole nitrogens is 1. The molecule has 2 aromatic carbocycles. The Balaban J connectivity index is 1.33. The van der Waals surface area contributed by atoms with Gasteiger partial charge in [0, 0.05) is 48.0 Å². The van der Waals surface area contributed by atoms with Crippen molar-refractivity contribution in [2.24, 2.45) is 0 Å². The number of para-hydroxylation sites is 1. The third-order valence-electron chi connectivity index (χ3n) is 5.47. The van der Waals surface area contributed by atoms with Gasteiger partial charge in [-0.25, -0.2) is 4.98 Å².